The van der Waals surface area contributed by atoms with Crippen molar-refractivity contribution in [3.05, 3.63) is 0 Å². The van der Waals surface area contributed by atoms with Gasteiger partial charge in [-0.05, 0) is 52.4 Å². The maximum absolute atomic E-state index is 13.5. The molecule has 13 atom stereocenters. The lowest BCUT2D eigenvalue weighted by Gasteiger charge is -2.27. The Hall–Kier alpha value is -8.11. The van der Waals surface area contributed by atoms with Crippen LogP contribution in [0.15, 0.2) is 0 Å². The number of aliphatic hydroxyl groups excluding tert-OH is 3. The molecule has 12 amide bonds. The van der Waals surface area contributed by atoms with Crippen molar-refractivity contribution in [3.8, 4) is 0 Å². The van der Waals surface area contributed by atoms with E-state index in [0.29, 0.717) is 6.42 Å². The van der Waals surface area contributed by atoms with E-state index in [9.17, 15) is 103 Å². The highest BCUT2D eigenvalue weighted by Gasteiger charge is 2.36. The molecule has 0 aromatic rings. The highest BCUT2D eigenvalue weighted by Crippen LogP contribution is 2.09. The van der Waals surface area contributed by atoms with Crippen molar-refractivity contribution < 1.29 is 103 Å². The third-order valence-electron chi connectivity index (χ3n) is 11.7. The predicted octanol–water partition coefficient (Wildman–Crippen LogP) is -8.91. The summed E-state index contributed by atoms with van der Waals surface area (Å²) in [4.78, 5) is 190. The zero-order valence-electron chi connectivity index (χ0n) is 45.4. The van der Waals surface area contributed by atoms with Gasteiger partial charge in [-0.2, -0.15) is 0 Å². The van der Waals surface area contributed by atoms with Gasteiger partial charge in [0, 0.05) is 12.8 Å². The third-order valence-corrected chi connectivity index (χ3v) is 11.7. The largest absolute Gasteiger partial charge is 0.481 e. The first-order valence-electron chi connectivity index (χ1n) is 25.0. The molecule has 0 aromatic carbocycles. The minimum absolute atomic E-state index is 0.197. The molecule has 0 rings (SSSR count). The van der Waals surface area contributed by atoms with E-state index in [1.54, 1.807) is 20.8 Å². The van der Waals surface area contributed by atoms with E-state index in [4.69, 9.17) is 11.5 Å². The summed E-state index contributed by atoms with van der Waals surface area (Å²) in [5.74, 6) is -18.3. The van der Waals surface area contributed by atoms with Crippen molar-refractivity contribution in [1.82, 2.24) is 58.5 Å². The van der Waals surface area contributed by atoms with Crippen molar-refractivity contribution in [2.75, 3.05) is 19.7 Å². The van der Waals surface area contributed by atoms with E-state index in [2.05, 4.69) is 47.9 Å². The number of aliphatic carboxylic acids is 3. The summed E-state index contributed by atoms with van der Waals surface area (Å²) in [5, 5.41) is 81.6. The average molecular weight is 1150 g/mol. The van der Waals surface area contributed by atoms with Gasteiger partial charge >= 0.3 is 17.9 Å². The first kappa shape index (κ1) is 71.9. The fourth-order valence-corrected chi connectivity index (χ4v) is 6.65. The molecule has 0 aliphatic heterocycles. The maximum Gasteiger partial charge on any atom is 0.328 e. The van der Waals surface area contributed by atoms with Gasteiger partial charge < -0.3 is 101 Å². The minimum atomic E-state index is -1.90. The van der Waals surface area contributed by atoms with Gasteiger partial charge in [-0.25, -0.2) is 4.79 Å². The molecule has 0 aromatic heterocycles. The minimum Gasteiger partial charge on any atom is -0.481 e. The Balaban J connectivity index is 5.97. The number of primary amides is 1. The quantitative estimate of drug-likeness (QED) is 0.0275. The smallest absolute Gasteiger partial charge is 0.328 e. The average Bonchev–Trinajstić information content (AvgIpc) is 3.36. The normalized spacial score (nSPS) is 15.9. The van der Waals surface area contributed by atoms with Gasteiger partial charge in [0.25, 0.3) is 0 Å². The molecule has 21 N–H and O–H groups in total. The number of carboxylic acid groups (broad SMARTS) is 3. The Bertz CT molecular complexity index is 2250. The highest BCUT2D eigenvalue weighted by atomic mass is 16.4. The summed E-state index contributed by atoms with van der Waals surface area (Å²) in [6, 6.07) is -16.4. The van der Waals surface area contributed by atoms with Crippen molar-refractivity contribution in [3.63, 3.8) is 0 Å². The number of carboxylic acids is 3. The molecule has 0 saturated carbocycles. The summed E-state index contributed by atoms with van der Waals surface area (Å²) in [5.41, 5.74) is 11.2. The zero-order chi connectivity index (χ0) is 61.9. The maximum atomic E-state index is 13.5. The van der Waals surface area contributed by atoms with Crippen LogP contribution in [0.3, 0.4) is 0 Å². The molecule has 34 heteroatoms. The second-order valence-electron chi connectivity index (χ2n) is 18.9. The Morgan fingerprint density at radius 2 is 0.863 bits per heavy atom. The van der Waals surface area contributed by atoms with Gasteiger partial charge in [-0.15, -0.1) is 0 Å². The first-order valence-corrected chi connectivity index (χ1v) is 25.0. The molecule has 0 bridgehead atoms. The number of rotatable bonds is 37. The highest BCUT2D eigenvalue weighted by molar-refractivity contribution is 5.99. The van der Waals surface area contributed by atoms with Crippen LogP contribution in [-0.2, 0) is 71.9 Å². The van der Waals surface area contributed by atoms with E-state index in [1.807, 2.05) is 17.6 Å². The number of carbonyl (C=O) groups is 15. The molecule has 0 saturated heterocycles. The fraction of sp³-hybridized carbons (Fsp3) is 0.674. The number of hydrogen-bond acceptors (Lipinski definition) is 19. The number of aliphatic hydroxyl groups is 3. The predicted molar refractivity (Wildman–Crippen MR) is 273 cm³/mol. The molecule has 0 heterocycles. The zero-order valence-corrected chi connectivity index (χ0v) is 45.4. The van der Waals surface area contributed by atoms with Crippen molar-refractivity contribution >= 4 is 88.8 Å². The Labute approximate surface area is 458 Å². The van der Waals surface area contributed by atoms with E-state index < -0.39 is 219 Å². The van der Waals surface area contributed by atoms with Gasteiger partial charge in [0.1, 0.15) is 48.3 Å². The van der Waals surface area contributed by atoms with E-state index in [0.717, 1.165) is 27.7 Å². The van der Waals surface area contributed by atoms with Gasteiger partial charge in [-0.3, -0.25) is 67.1 Å². The van der Waals surface area contributed by atoms with Crippen LogP contribution >= 0.6 is 0 Å². The van der Waals surface area contributed by atoms with Crippen LogP contribution in [-0.4, -0.2) is 212 Å². The Morgan fingerprint density at radius 3 is 1.32 bits per heavy atom. The molecule has 80 heavy (non-hydrogen) atoms. The second kappa shape index (κ2) is 35.4. The molecular formula is C46H77N13O21. The summed E-state index contributed by atoms with van der Waals surface area (Å²) in [6.07, 6.45) is -6.45. The lowest BCUT2D eigenvalue weighted by Crippen LogP contribution is -2.61. The number of amides is 12. The van der Waals surface area contributed by atoms with E-state index in [1.165, 1.54) is 0 Å². The van der Waals surface area contributed by atoms with Crippen LogP contribution in [0.1, 0.15) is 93.9 Å². The van der Waals surface area contributed by atoms with Gasteiger partial charge in [0.2, 0.25) is 70.9 Å². The number of nitrogens with one attached hydrogen (secondary N) is 11. The summed E-state index contributed by atoms with van der Waals surface area (Å²) < 4.78 is 0. The van der Waals surface area contributed by atoms with Crippen LogP contribution in [0.5, 0.6) is 0 Å². The van der Waals surface area contributed by atoms with Crippen LogP contribution in [0, 0.1) is 11.8 Å². The third kappa shape index (κ3) is 26.5. The van der Waals surface area contributed by atoms with Gasteiger partial charge in [-0.1, -0.05) is 34.1 Å². The summed E-state index contributed by atoms with van der Waals surface area (Å²) in [6.45, 7) is 8.39. The molecule has 0 spiro atoms. The van der Waals surface area contributed by atoms with E-state index >= 15 is 0 Å². The summed E-state index contributed by atoms with van der Waals surface area (Å²) in [7, 11) is 0. The molecule has 0 fully saturated rings. The number of carbonyl (C=O) groups excluding carboxylic acids is 12. The van der Waals surface area contributed by atoms with Gasteiger partial charge in [0.05, 0.1) is 44.4 Å². The van der Waals surface area contributed by atoms with Crippen LogP contribution in [0.4, 0.5) is 0 Å². The van der Waals surface area contributed by atoms with Crippen LogP contribution in [0.25, 0.3) is 0 Å². The lowest BCUT2D eigenvalue weighted by atomic mass is 9.97. The standard InChI is InChI=1S/C46H77N13O21/c1-9-19(4)33(48)43(76)57-34(18(2)3)44(77)50-15-29(64)49-16-30(65)53-24(10-12-31(66)67)40(73)54-25(11-13-32(68)69)39(72)51-21(6)38(71)58-35(22(7)61)45(78)52-20(5)37(70)55-26(14-28(47)63)41(74)56-27(17-60)42(75)59-36(23(8)62)46(79)80/h18-27,33-36,60-62H,9-17,48H2,1-8H3,(H2,47,63)(H,49,64)(H,50,77)(H,51,72)(H,52,78)(H,53,65)(H,54,73)(H,55,70)(H,56,74)(H,57,76)(H,58,71)(H,59,75)(H,66,67)(H,68,69)(H,79,80)/t19-,20-,21-,22+,23+,24-,25-,26-,27-,33-,34-,35-,36-/m0/s1. The SMILES string of the molecule is CC[C@H](C)[C@H](N)C(=O)N[C@H](C(=O)NCC(=O)NCC(=O)N[C@@H](CCC(=O)O)C(=O)N[C@@H](CCC(=O)O)C(=O)N[C@@H](C)C(=O)N[C@H](C(=O)N[C@@H](C)C(=O)N[C@@H](CC(N)=O)C(=O)N[C@@H](CO)C(=O)N[C@H](C(=O)O)[C@@H](C)O)[C@@H](C)O)C(C)C. The molecule has 34 nitrogen and oxygen atoms in total. The Kier molecular flexibility index (Phi) is 31.8. The molecule has 0 unspecified atom stereocenters. The topological polar surface area (TPSA) is 562 Å². The monoisotopic (exact) mass is 1150 g/mol. The molecule has 452 valence electrons. The van der Waals surface area contributed by atoms with Crippen LogP contribution < -0.4 is 70.0 Å². The molecule has 0 radical (unpaired) electrons. The van der Waals surface area contributed by atoms with E-state index in [-0.39, 0.29) is 5.92 Å². The number of nitrogens with two attached hydrogens (primary N) is 2. The van der Waals surface area contributed by atoms with Crippen LogP contribution in [0.2, 0.25) is 0 Å². The second-order valence-corrected chi connectivity index (χ2v) is 18.9. The van der Waals surface area contributed by atoms with Crippen molar-refractivity contribution in [2.24, 2.45) is 23.3 Å². The van der Waals surface area contributed by atoms with Gasteiger partial charge in [0.15, 0.2) is 6.04 Å². The first-order chi connectivity index (χ1) is 37.1. The van der Waals surface area contributed by atoms with Crippen molar-refractivity contribution in [1.29, 1.82) is 0 Å². The molecular weight excluding hydrogens is 1070 g/mol. The molecule has 0 aliphatic carbocycles. The fourth-order valence-electron chi connectivity index (χ4n) is 6.65. The molecule has 0 aliphatic rings. The Morgan fingerprint density at radius 1 is 0.450 bits per heavy atom. The number of hydrogen-bond donors (Lipinski definition) is 19. The lowest BCUT2D eigenvalue weighted by molar-refractivity contribution is -0.145. The van der Waals surface area contributed by atoms with Crippen molar-refractivity contribution in [2.45, 2.75) is 167 Å². The summed E-state index contributed by atoms with van der Waals surface area (Å²) >= 11 is 0.